The van der Waals surface area contributed by atoms with Crippen LogP contribution in [0.1, 0.15) is 11.7 Å². The Morgan fingerprint density at radius 2 is 2.00 bits per heavy atom. The zero-order chi connectivity index (χ0) is 11.0. The Morgan fingerprint density at radius 1 is 1.40 bits per heavy atom. The third kappa shape index (κ3) is 1.84. The van der Waals surface area contributed by atoms with Gasteiger partial charge in [-0.3, -0.25) is 14.9 Å². The fourth-order valence-corrected chi connectivity index (χ4v) is 1.85. The van der Waals surface area contributed by atoms with Gasteiger partial charge in [-0.15, -0.1) is 0 Å². The van der Waals surface area contributed by atoms with Crippen LogP contribution in [-0.2, 0) is 4.79 Å². The average molecular weight is 227 g/mol. The highest BCUT2D eigenvalue weighted by molar-refractivity contribution is 6.30. The lowest BCUT2D eigenvalue weighted by atomic mass is 10.1. The molecule has 80 valence electrons. The lowest BCUT2D eigenvalue weighted by Crippen LogP contribution is -2.27. The molecule has 1 amide bonds. The molecule has 1 fully saturated rings. The SMILES string of the molecule is CN1CC(=O)N(O)C1c1ccc(Cl)cc1. The number of halogens is 1. The van der Waals surface area contributed by atoms with E-state index in [-0.39, 0.29) is 12.5 Å². The van der Waals surface area contributed by atoms with E-state index in [9.17, 15) is 10.0 Å². The largest absolute Gasteiger partial charge is 0.284 e. The van der Waals surface area contributed by atoms with Gasteiger partial charge in [-0.05, 0) is 24.7 Å². The van der Waals surface area contributed by atoms with E-state index in [0.717, 1.165) is 10.6 Å². The number of carbonyl (C=O) groups is 1. The van der Waals surface area contributed by atoms with Gasteiger partial charge in [-0.2, -0.15) is 0 Å². The van der Waals surface area contributed by atoms with E-state index in [0.29, 0.717) is 5.02 Å². The smallest absolute Gasteiger partial charge is 0.262 e. The Bertz CT molecular complexity index is 380. The number of hydrogen-bond donors (Lipinski definition) is 1. The van der Waals surface area contributed by atoms with Crippen molar-refractivity contribution in [2.45, 2.75) is 6.17 Å². The lowest BCUT2D eigenvalue weighted by molar-refractivity contribution is -0.169. The van der Waals surface area contributed by atoms with E-state index in [1.807, 2.05) is 0 Å². The van der Waals surface area contributed by atoms with Crippen LogP contribution in [0, 0.1) is 0 Å². The summed E-state index contributed by atoms with van der Waals surface area (Å²) in [7, 11) is 1.79. The highest BCUT2D eigenvalue weighted by Gasteiger charge is 2.35. The van der Waals surface area contributed by atoms with Crippen molar-refractivity contribution in [2.75, 3.05) is 13.6 Å². The zero-order valence-corrected chi connectivity index (χ0v) is 8.98. The molecule has 0 saturated carbocycles. The number of likely N-dealkylation sites (N-methyl/N-ethyl adjacent to an activating group) is 1. The molecule has 0 spiro atoms. The van der Waals surface area contributed by atoms with Gasteiger partial charge in [0, 0.05) is 5.02 Å². The first kappa shape index (κ1) is 10.4. The van der Waals surface area contributed by atoms with Crippen molar-refractivity contribution in [1.29, 1.82) is 0 Å². The number of carbonyl (C=O) groups excluding carboxylic acids is 1. The average Bonchev–Trinajstić information content (AvgIpc) is 2.44. The van der Waals surface area contributed by atoms with Crippen molar-refractivity contribution in [3.05, 3.63) is 34.9 Å². The molecule has 5 heteroatoms. The monoisotopic (exact) mass is 226 g/mol. The first-order valence-corrected chi connectivity index (χ1v) is 4.94. The molecule has 1 aromatic carbocycles. The summed E-state index contributed by atoms with van der Waals surface area (Å²) >= 11 is 5.76. The van der Waals surface area contributed by atoms with Crippen LogP contribution in [0.2, 0.25) is 5.02 Å². The molecule has 0 radical (unpaired) electrons. The minimum atomic E-state index is -0.408. The Morgan fingerprint density at radius 3 is 2.47 bits per heavy atom. The molecule has 0 aliphatic carbocycles. The summed E-state index contributed by atoms with van der Waals surface area (Å²) in [5.41, 5.74) is 0.843. The Kier molecular flexibility index (Phi) is 2.65. The molecule has 0 aromatic heterocycles. The summed E-state index contributed by atoms with van der Waals surface area (Å²) in [6.07, 6.45) is -0.408. The predicted octanol–water partition coefficient (Wildman–Crippen LogP) is 1.50. The van der Waals surface area contributed by atoms with E-state index >= 15 is 0 Å². The van der Waals surface area contributed by atoms with Crippen molar-refractivity contribution in [3.8, 4) is 0 Å². The highest BCUT2D eigenvalue weighted by atomic mass is 35.5. The maximum Gasteiger partial charge on any atom is 0.262 e. The van der Waals surface area contributed by atoms with Crippen molar-refractivity contribution >= 4 is 17.5 Å². The van der Waals surface area contributed by atoms with Gasteiger partial charge in [0.15, 0.2) is 0 Å². The molecule has 1 heterocycles. The number of benzene rings is 1. The highest BCUT2D eigenvalue weighted by Crippen LogP contribution is 2.28. The van der Waals surface area contributed by atoms with E-state index in [1.165, 1.54) is 0 Å². The Balaban J connectivity index is 2.30. The van der Waals surface area contributed by atoms with Crippen LogP contribution in [0.25, 0.3) is 0 Å². The van der Waals surface area contributed by atoms with Crippen LogP contribution >= 0.6 is 11.6 Å². The van der Waals surface area contributed by atoms with Gasteiger partial charge in [-0.1, -0.05) is 23.7 Å². The molecule has 1 atom stereocenters. The summed E-state index contributed by atoms with van der Waals surface area (Å²) < 4.78 is 0. The lowest BCUT2D eigenvalue weighted by Gasteiger charge is -2.22. The van der Waals surface area contributed by atoms with Gasteiger partial charge >= 0.3 is 0 Å². The minimum Gasteiger partial charge on any atom is -0.284 e. The number of amides is 1. The molecule has 1 aromatic rings. The van der Waals surface area contributed by atoms with Crippen molar-refractivity contribution in [2.24, 2.45) is 0 Å². The van der Waals surface area contributed by atoms with Crippen molar-refractivity contribution in [3.63, 3.8) is 0 Å². The second-order valence-corrected chi connectivity index (χ2v) is 4.02. The minimum absolute atomic E-state index is 0.226. The van der Waals surface area contributed by atoms with E-state index in [1.54, 1.807) is 36.2 Å². The molecule has 1 aliphatic rings. The van der Waals surface area contributed by atoms with Crippen LogP contribution in [0.3, 0.4) is 0 Å². The standard InChI is InChI=1S/C10H11ClN2O2/c1-12-6-9(14)13(15)10(12)7-2-4-8(11)5-3-7/h2-5,10,15H,6H2,1H3. The third-order valence-corrected chi connectivity index (χ3v) is 2.71. The summed E-state index contributed by atoms with van der Waals surface area (Å²) in [6, 6.07) is 7.07. The molecule has 2 rings (SSSR count). The van der Waals surface area contributed by atoms with Crippen LogP contribution in [0.5, 0.6) is 0 Å². The van der Waals surface area contributed by atoms with Crippen LogP contribution in [0.15, 0.2) is 24.3 Å². The van der Waals surface area contributed by atoms with E-state index in [4.69, 9.17) is 11.6 Å². The molecule has 4 nitrogen and oxygen atoms in total. The fraction of sp³-hybridized carbons (Fsp3) is 0.300. The number of hydrogen-bond acceptors (Lipinski definition) is 3. The van der Waals surface area contributed by atoms with Crippen molar-refractivity contribution < 1.29 is 10.0 Å². The van der Waals surface area contributed by atoms with Gasteiger partial charge in [-0.25, -0.2) is 5.06 Å². The van der Waals surface area contributed by atoms with Crippen LogP contribution in [-0.4, -0.2) is 34.7 Å². The maximum atomic E-state index is 11.2. The number of hydroxylamine groups is 2. The normalized spacial score (nSPS) is 22.5. The predicted molar refractivity (Wildman–Crippen MR) is 55.5 cm³/mol. The van der Waals surface area contributed by atoms with Gasteiger partial charge in [0.2, 0.25) is 0 Å². The van der Waals surface area contributed by atoms with Gasteiger partial charge in [0.25, 0.3) is 5.91 Å². The molecular weight excluding hydrogens is 216 g/mol. The van der Waals surface area contributed by atoms with Crippen LogP contribution < -0.4 is 0 Å². The van der Waals surface area contributed by atoms with Gasteiger partial charge in [0.1, 0.15) is 6.17 Å². The van der Waals surface area contributed by atoms with Gasteiger partial charge < -0.3 is 0 Å². The summed E-state index contributed by atoms with van der Waals surface area (Å²) in [5, 5.41) is 10.9. The number of rotatable bonds is 1. The first-order chi connectivity index (χ1) is 7.09. The quantitative estimate of drug-likeness (QED) is 0.739. The molecule has 1 saturated heterocycles. The Hall–Kier alpha value is -1.10. The fourth-order valence-electron chi connectivity index (χ4n) is 1.73. The first-order valence-electron chi connectivity index (χ1n) is 4.56. The second kappa shape index (κ2) is 3.81. The molecule has 1 aliphatic heterocycles. The number of nitrogens with zero attached hydrogens (tertiary/aromatic N) is 2. The molecule has 1 N–H and O–H groups in total. The van der Waals surface area contributed by atoms with E-state index in [2.05, 4.69) is 0 Å². The molecule has 0 bridgehead atoms. The second-order valence-electron chi connectivity index (χ2n) is 3.58. The molecular formula is C10H11ClN2O2. The maximum absolute atomic E-state index is 11.2. The van der Waals surface area contributed by atoms with E-state index < -0.39 is 6.17 Å². The van der Waals surface area contributed by atoms with Crippen LogP contribution in [0.4, 0.5) is 0 Å². The van der Waals surface area contributed by atoms with Crippen molar-refractivity contribution in [1.82, 2.24) is 9.96 Å². The van der Waals surface area contributed by atoms with Gasteiger partial charge in [0.05, 0.1) is 6.54 Å². The third-order valence-electron chi connectivity index (χ3n) is 2.46. The summed E-state index contributed by atoms with van der Waals surface area (Å²) in [4.78, 5) is 13.0. The summed E-state index contributed by atoms with van der Waals surface area (Å²) in [5.74, 6) is -0.294. The zero-order valence-electron chi connectivity index (χ0n) is 8.22. The molecule has 1 unspecified atom stereocenters. The Labute approximate surface area is 92.6 Å². The molecule has 15 heavy (non-hydrogen) atoms. The summed E-state index contributed by atoms with van der Waals surface area (Å²) in [6.45, 7) is 0.226. The topological polar surface area (TPSA) is 43.8 Å².